The van der Waals surface area contributed by atoms with Crippen molar-refractivity contribution in [2.45, 2.75) is 63.0 Å². The third kappa shape index (κ3) is 3.71. The number of hydrogen-bond donors (Lipinski definition) is 2. The Hall–Kier alpha value is -3.53. The maximum absolute atomic E-state index is 13.5. The summed E-state index contributed by atoms with van der Waals surface area (Å²) in [5.41, 5.74) is 7.23. The molecule has 0 unspecified atom stereocenters. The van der Waals surface area contributed by atoms with Gasteiger partial charge in [-0.05, 0) is 51.2 Å². The third-order valence-corrected chi connectivity index (χ3v) is 7.46. The Balaban J connectivity index is 1.52. The van der Waals surface area contributed by atoms with Gasteiger partial charge in [-0.3, -0.25) is 9.20 Å². The van der Waals surface area contributed by atoms with Crippen LogP contribution in [0.4, 0.5) is 14.6 Å². The molecule has 0 bridgehead atoms. The van der Waals surface area contributed by atoms with E-state index in [-0.39, 0.29) is 23.3 Å². The number of nitrogens with zero attached hydrogens (tertiary/aromatic N) is 4. The van der Waals surface area contributed by atoms with Gasteiger partial charge in [-0.15, -0.1) is 0 Å². The van der Waals surface area contributed by atoms with Gasteiger partial charge in [-0.25, -0.2) is 18.7 Å². The Morgan fingerprint density at radius 2 is 2.06 bits per heavy atom. The van der Waals surface area contributed by atoms with E-state index in [0.29, 0.717) is 46.2 Å². The zero-order chi connectivity index (χ0) is 25.2. The Morgan fingerprint density at radius 3 is 2.72 bits per heavy atom. The minimum atomic E-state index is -2.62. The van der Waals surface area contributed by atoms with Crippen molar-refractivity contribution in [3.8, 4) is 17.0 Å². The minimum absolute atomic E-state index is 0.0331. The van der Waals surface area contributed by atoms with Crippen molar-refractivity contribution in [1.82, 2.24) is 18.9 Å². The van der Waals surface area contributed by atoms with E-state index in [4.69, 9.17) is 15.5 Å². The number of aromatic nitrogens is 4. The summed E-state index contributed by atoms with van der Waals surface area (Å²) >= 11 is 0. The molecule has 0 radical (unpaired) electrons. The lowest BCUT2D eigenvalue weighted by atomic mass is 9.72. The Kier molecular flexibility index (Phi) is 5.26. The molecule has 188 valence electrons. The van der Waals surface area contributed by atoms with Gasteiger partial charge >= 0.3 is 0 Å². The molecule has 36 heavy (non-hydrogen) atoms. The fraction of sp³-hybridized carbons (Fsp3) is 0.423. The number of anilines is 1. The number of rotatable bonds is 6. The van der Waals surface area contributed by atoms with Crippen molar-refractivity contribution < 1.29 is 18.6 Å². The van der Waals surface area contributed by atoms with E-state index in [1.807, 2.05) is 4.40 Å². The molecule has 3 aromatic heterocycles. The summed E-state index contributed by atoms with van der Waals surface area (Å²) in [6, 6.07) is 5.27. The number of nitrogen functional groups attached to an aromatic ring is 1. The first kappa shape index (κ1) is 22.9. The normalized spacial score (nSPS) is 22.2. The fourth-order valence-electron chi connectivity index (χ4n) is 5.44. The average molecular weight is 496 g/mol. The van der Waals surface area contributed by atoms with Gasteiger partial charge < -0.3 is 20.1 Å². The van der Waals surface area contributed by atoms with Crippen molar-refractivity contribution >= 4 is 22.1 Å². The second kappa shape index (κ2) is 8.26. The molecule has 0 atom stereocenters. The zero-order valence-corrected chi connectivity index (χ0v) is 19.8. The van der Waals surface area contributed by atoms with Crippen LogP contribution >= 0.6 is 0 Å². The number of ether oxygens (including phenoxy) is 1. The van der Waals surface area contributed by atoms with Crippen molar-refractivity contribution in [3.05, 3.63) is 53.0 Å². The molecule has 0 spiro atoms. The second-order valence-corrected chi connectivity index (χ2v) is 10.2. The van der Waals surface area contributed by atoms with Crippen molar-refractivity contribution in [1.29, 1.82) is 0 Å². The molecule has 2 aliphatic rings. The van der Waals surface area contributed by atoms with Gasteiger partial charge in [0.15, 0.2) is 0 Å². The third-order valence-electron chi connectivity index (χ3n) is 7.46. The summed E-state index contributed by atoms with van der Waals surface area (Å²) in [6.45, 7) is 1.06. The van der Waals surface area contributed by atoms with Gasteiger partial charge in [0.05, 0.1) is 17.2 Å². The van der Waals surface area contributed by atoms with Gasteiger partial charge in [0.25, 0.3) is 12.0 Å². The summed E-state index contributed by atoms with van der Waals surface area (Å²) in [5.74, 6) is 1.41. The number of halogens is 2. The molecule has 1 aromatic carbocycles. The zero-order valence-electron chi connectivity index (χ0n) is 19.8. The van der Waals surface area contributed by atoms with E-state index in [2.05, 4.69) is 4.98 Å². The molecule has 0 aliphatic heterocycles. The molecule has 3 heterocycles. The maximum Gasteiger partial charge on any atom is 0.272 e. The largest absolute Gasteiger partial charge is 0.485 e. The molecular weight excluding hydrogens is 468 g/mol. The van der Waals surface area contributed by atoms with Crippen LogP contribution in [-0.2, 0) is 0 Å². The van der Waals surface area contributed by atoms with Crippen LogP contribution in [0.15, 0.2) is 41.6 Å². The lowest BCUT2D eigenvalue weighted by Crippen LogP contribution is -2.40. The van der Waals surface area contributed by atoms with Gasteiger partial charge in [-0.1, -0.05) is 6.07 Å². The predicted octanol–water partition coefficient (Wildman–Crippen LogP) is 4.29. The SMILES string of the molecule is CC1(O)CC(c2nc(-c3ccc4c(OCC(F)F)cn(C5CCC5)c(=O)c4c3)c3c(N)nccn23)C1. The van der Waals surface area contributed by atoms with E-state index >= 15 is 0 Å². The van der Waals surface area contributed by atoms with Gasteiger partial charge in [0, 0.05) is 35.3 Å². The number of alkyl halides is 2. The highest BCUT2D eigenvalue weighted by Crippen LogP contribution is 2.45. The molecule has 2 aliphatic carbocycles. The summed E-state index contributed by atoms with van der Waals surface area (Å²) < 4.78 is 34.8. The maximum atomic E-state index is 13.5. The molecule has 0 amide bonds. The van der Waals surface area contributed by atoms with Crippen molar-refractivity contribution in [2.75, 3.05) is 12.3 Å². The quantitative estimate of drug-likeness (QED) is 0.413. The van der Waals surface area contributed by atoms with Crippen LogP contribution < -0.4 is 16.0 Å². The van der Waals surface area contributed by atoms with E-state index in [1.54, 1.807) is 48.3 Å². The fourth-order valence-corrected chi connectivity index (χ4v) is 5.44. The first-order valence-corrected chi connectivity index (χ1v) is 12.2. The van der Waals surface area contributed by atoms with Gasteiger partial charge in [0.1, 0.15) is 35.2 Å². The van der Waals surface area contributed by atoms with Crippen LogP contribution in [-0.4, -0.2) is 42.7 Å². The summed E-state index contributed by atoms with van der Waals surface area (Å²) in [6.07, 6.45) is 6.26. The lowest BCUT2D eigenvalue weighted by molar-refractivity contribution is -0.0335. The molecule has 4 aromatic rings. The van der Waals surface area contributed by atoms with Crippen molar-refractivity contribution in [2.24, 2.45) is 0 Å². The molecule has 8 nitrogen and oxygen atoms in total. The van der Waals surface area contributed by atoms with E-state index in [1.165, 1.54) is 0 Å². The molecule has 2 saturated carbocycles. The molecule has 10 heteroatoms. The second-order valence-electron chi connectivity index (χ2n) is 10.2. The Bertz CT molecular complexity index is 1530. The monoisotopic (exact) mass is 495 g/mol. The van der Waals surface area contributed by atoms with Crippen LogP contribution in [0.2, 0.25) is 0 Å². The molecular formula is C26H27F2N5O3. The standard InChI is InChI=1S/C26H27F2N5O3/c1-26(35)10-15(11-26)24-31-21(22-23(29)30-7-8-32(22)24)14-5-6-17-18(9-14)25(34)33(16-3-2-4-16)12-19(17)36-13-20(27)28/h5-9,12,15-16,20,35H,2-4,10-11,13H2,1H3,(H2,29,30). The summed E-state index contributed by atoms with van der Waals surface area (Å²) in [7, 11) is 0. The molecule has 3 N–H and O–H groups in total. The number of nitrogens with two attached hydrogens (primary N) is 1. The Morgan fingerprint density at radius 1 is 1.28 bits per heavy atom. The summed E-state index contributed by atoms with van der Waals surface area (Å²) in [4.78, 5) is 22.6. The highest BCUT2D eigenvalue weighted by atomic mass is 19.3. The van der Waals surface area contributed by atoms with Crippen LogP contribution in [0.25, 0.3) is 27.5 Å². The van der Waals surface area contributed by atoms with Crippen LogP contribution in [0.5, 0.6) is 5.75 Å². The number of benzene rings is 1. The van der Waals surface area contributed by atoms with Crippen molar-refractivity contribution in [3.63, 3.8) is 0 Å². The first-order valence-electron chi connectivity index (χ1n) is 12.2. The molecule has 0 saturated heterocycles. The van der Waals surface area contributed by atoms with Crippen LogP contribution in [0, 0.1) is 0 Å². The highest BCUT2D eigenvalue weighted by molar-refractivity contribution is 5.94. The Labute approximate surface area is 205 Å². The van der Waals surface area contributed by atoms with Crippen LogP contribution in [0.1, 0.15) is 56.8 Å². The van der Waals surface area contributed by atoms with E-state index in [9.17, 15) is 18.7 Å². The average Bonchev–Trinajstić information content (AvgIpc) is 3.17. The van der Waals surface area contributed by atoms with Crippen LogP contribution in [0.3, 0.4) is 0 Å². The first-order chi connectivity index (χ1) is 17.2. The number of aliphatic hydroxyl groups is 1. The summed E-state index contributed by atoms with van der Waals surface area (Å²) in [5, 5.41) is 11.1. The number of fused-ring (bicyclic) bond motifs is 2. The van der Waals surface area contributed by atoms with Gasteiger partial charge in [0.2, 0.25) is 0 Å². The topological polar surface area (TPSA) is 108 Å². The predicted molar refractivity (Wildman–Crippen MR) is 132 cm³/mol. The lowest BCUT2D eigenvalue weighted by Gasteiger charge is -2.40. The van der Waals surface area contributed by atoms with E-state index in [0.717, 1.165) is 25.1 Å². The van der Waals surface area contributed by atoms with E-state index < -0.39 is 18.6 Å². The number of pyridine rings is 1. The molecule has 2 fully saturated rings. The smallest absolute Gasteiger partial charge is 0.272 e. The van der Waals surface area contributed by atoms with Gasteiger partial charge in [-0.2, -0.15) is 0 Å². The minimum Gasteiger partial charge on any atom is -0.485 e. The highest BCUT2D eigenvalue weighted by Gasteiger charge is 2.41. The number of imidazole rings is 1. The molecule has 6 rings (SSSR count). The number of hydrogen-bond acceptors (Lipinski definition) is 6.